The third-order valence-electron chi connectivity index (χ3n) is 3.66. The summed E-state index contributed by atoms with van der Waals surface area (Å²) in [6.07, 6.45) is 0. The molecule has 0 fully saturated rings. The van der Waals surface area contributed by atoms with Gasteiger partial charge in [-0.3, -0.25) is 9.20 Å². The van der Waals surface area contributed by atoms with Gasteiger partial charge in [0.2, 0.25) is 0 Å². The van der Waals surface area contributed by atoms with Crippen molar-refractivity contribution in [2.45, 2.75) is 6.92 Å². The average molecular weight is 327 g/mol. The molecule has 0 aliphatic heterocycles. The van der Waals surface area contributed by atoms with Gasteiger partial charge in [-0.1, -0.05) is 35.9 Å². The second-order valence-electron chi connectivity index (χ2n) is 5.07. The van der Waals surface area contributed by atoms with Crippen LogP contribution in [-0.2, 0) is 0 Å². The second kappa shape index (κ2) is 4.93. The zero-order chi connectivity index (χ0) is 15.3. The molecule has 22 heavy (non-hydrogen) atoms. The number of fused-ring (bicyclic) bond motifs is 2. The number of halogens is 1. The van der Waals surface area contributed by atoms with E-state index in [4.69, 9.17) is 11.6 Å². The number of thiazole rings is 1. The molecule has 0 unspecified atom stereocenters. The SMILES string of the molecule is Cc1sc2nc3ccccc3c(=O)n2c1-c1ccc(Cl)cc1. The fourth-order valence-electron chi connectivity index (χ4n) is 2.66. The predicted octanol–water partition coefficient (Wildman–Crippen LogP) is 4.54. The molecule has 2 aromatic carbocycles. The molecule has 0 bridgehead atoms. The van der Waals surface area contributed by atoms with Crippen LogP contribution in [0.4, 0.5) is 0 Å². The molecule has 3 nitrogen and oxygen atoms in total. The van der Waals surface area contributed by atoms with E-state index in [1.165, 1.54) is 11.3 Å². The van der Waals surface area contributed by atoms with Crippen molar-refractivity contribution < 1.29 is 0 Å². The molecule has 0 aliphatic carbocycles. The summed E-state index contributed by atoms with van der Waals surface area (Å²) in [5.41, 5.74) is 2.55. The van der Waals surface area contributed by atoms with Gasteiger partial charge < -0.3 is 0 Å². The molecule has 2 heterocycles. The summed E-state index contributed by atoms with van der Waals surface area (Å²) < 4.78 is 1.70. The molecule has 0 N–H and O–H groups in total. The molecule has 4 rings (SSSR count). The third-order valence-corrected chi connectivity index (χ3v) is 4.87. The topological polar surface area (TPSA) is 34.4 Å². The van der Waals surface area contributed by atoms with E-state index in [0.29, 0.717) is 15.4 Å². The normalized spacial score (nSPS) is 11.4. The Morgan fingerprint density at radius 2 is 1.82 bits per heavy atom. The number of aromatic nitrogens is 2. The van der Waals surface area contributed by atoms with Gasteiger partial charge in [0, 0.05) is 9.90 Å². The van der Waals surface area contributed by atoms with Crippen molar-refractivity contribution in [3.05, 3.63) is 68.8 Å². The van der Waals surface area contributed by atoms with Crippen LogP contribution in [-0.4, -0.2) is 9.38 Å². The zero-order valence-electron chi connectivity index (χ0n) is 11.7. The summed E-state index contributed by atoms with van der Waals surface area (Å²) in [7, 11) is 0. The summed E-state index contributed by atoms with van der Waals surface area (Å²) in [5.74, 6) is 0. The minimum absolute atomic E-state index is 0.0325. The Kier molecular flexibility index (Phi) is 3.03. The molecule has 0 saturated heterocycles. The van der Waals surface area contributed by atoms with Crippen LogP contribution in [0.3, 0.4) is 0 Å². The first-order chi connectivity index (χ1) is 10.6. The number of benzene rings is 2. The number of aryl methyl sites for hydroxylation is 1. The Balaban J connectivity index is 2.15. The molecule has 108 valence electrons. The van der Waals surface area contributed by atoms with Crippen LogP contribution in [0.1, 0.15) is 4.88 Å². The summed E-state index contributed by atoms with van der Waals surface area (Å²) in [6.45, 7) is 2.01. The molecule has 0 radical (unpaired) electrons. The van der Waals surface area contributed by atoms with Gasteiger partial charge in [0.25, 0.3) is 5.56 Å². The smallest absolute Gasteiger partial charge is 0.266 e. The van der Waals surface area contributed by atoms with Crippen molar-refractivity contribution in [1.82, 2.24) is 9.38 Å². The number of hydrogen-bond acceptors (Lipinski definition) is 3. The number of nitrogens with zero attached hydrogens (tertiary/aromatic N) is 2. The first-order valence-corrected chi connectivity index (χ1v) is 8.01. The lowest BCUT2D eigenvalue weighted by molar-refractivity contribution is 1.11. The Hall–Kier alpha value is -2.17. The predicted molar refractivity (Wildman–Crippen MR) is 92.0 cm³/mol. The van der Waals surface area contributed by atoms with Gasteiger partial charge in [-0.15, -0.1) is 11.3 Å². The van der Waals surface area contributed by atoms with Gasteiger partial charge in [-0.2, -0.15) is 0 Å². The highest BCUT2D eigenvalue weighted by molar-refractivity contribution is 7.17. The highest BCUT2D eigenvalue weighted by atomic mass is 35.5. The maximum Gasteiger partial charge on any atom is 0.266 e. The van der Waals surface area contributed by atoms with E-state index < -0.39 is 0 Å². The monoisotopic (exact) mass is 326 g/mol. The van der Waals surface area contributed by atoms with Crippen LogP contribution in [0.25, 0.3) is 27.1 Å². The Labute approximate surface area is 135 Å². The molecule has 5 heteroatoms. The van der Waals surface area contributed by atoms with Crippen LogP contribution in [0.15, 0.2) is 53.3 Å². The van der Waals surface area contributed by atoms with Crippen molar-refractivity contribution in [1.29, 1.82) is 0 Å². The van der Waals surface area contributed by atoms with Crippen molar-refractivity contribution in [3.63, 3.8) is 0 Å². The molecule has 2 aromatic heterocycles. The van der Waals surface area contributed by atoms with Gasteiger partial charge >= 0.3 is 0 Å². The maximum atomic E-state index is 12.9. The lowest BCUT2D eigenvalue weighted by Gasteiger charge is -2.04. The van der Waals surface area contributed by atoms with E-state index >= 15 is 0 Å². The minimum atomic E-state index is -0.0325. The van der Waals surface area contributed by atoms with E-state index in [-0.39, 0.29) is 5.56 Å². The van der Waals surface area contributed by atoms with E-state index in [1.54, 1.807) is 4.40 Å². The molecule has 0 spiro atoms. The maximum absolute atomic E-state index is 12.9. The quantitative estimate of drug-likeness (QED) is 0.514. The van der Waals surface area contributed by atoms with E-state index in [2.05, 4.69) is 4.98 Å². The summed E-state index contributed by atoms with van der Waals surface area (Å²) in [6, 6.07) is 15.0. The van der Waals surface area contributed by atoms with Gasteiger partial charge in [0.15, 0.2) is 4.96 Å². The van der Waals surface area contributed by atoms with E-state index in [0.717, 1.165) is 21.7 Å². The molecule has 0 aliphatic rings. The van der Waals surface area contributed by atoms with Crippen molar-refractivity contribution in [2.75, 3.05) is 0 Å². The second-order valence-corrected chi connectivity index (χ2v) is 6.68. The lowest BCUT2D eigenvalue weighted by atomic mass is 10.1. The van der Waals surface area contributed by atoms with Crippen LogP contribution < -0.4 is 5.56 Å². The minimum Gasteiger partial charge on any atom is -0.268 e. The number of hydrogen-bond donors (Lipinski definition) is 0. The Morgan fingerprint density at radius 3 is 2.59 bits per heavy atom. The van der Waals surface area contributed by atoms with Gasteiger partial charge in [0.05, 0.1) is 16.6 Å². The summed E-state index contributed by atoms with van der Waals surface area (Å²) in [4.78, 5) is 19.3. The largest absolute Gasteiger partial charge is 0.268 e. The van der Waals surface area contributed by atoms with Crippen molar-refractivity contribution in [2.24, 2.45) is 0 Å². The molecule has 0 saturated carbocycles. The lowest BCUT2D eigenvalue weighted by Crippen LogP contribution is -2.14. The summed E-state index contributed by atoms with van der Waals surface area (Å²) >= 11 is 7.49. The molecule has 0 atom stereocenters. The third kappa shape index (κ3) is 1.95. The van der Waals surface area contributed by atoms with Crippen LogP contribution in [0.5, 0.6) is 0 Å². The zero-order valence-corrected chi connectivity index (χ0v) is 13.3. The fourth-order valence-corrected chi connectivity index (χ4v) is 3.78. The van der Waals surface area contributed by atoms with Crippen LogP contribution in [0, 0.1) is 6.92 Å². The molecule has 4 aromatic rings. The van der Waals surface area contributed by atoms with Crippen molar-refractivity contribution in [3.8, 4) is 11.3 Å². The first-order valence-electron chi connectivity index (χ1n) is 6.82. The molecule has 0 amide bonds. The highest BCUT2D eigenvalue weighted by Gasteiger charge is 2.15. The van der Waals surface area contributed by atoms with Crippen molar-refractivity contribution >= 4 is 38.8 Å². The van der Waals surface area contributed by atoms with Gasteiger partial charge in [-0.25, -0.2) is 4.98 Å². The fraction of sp³-hybridized carbons (Fsp3) is 0.0588. The Bertz CT molecular complexity index is 1060. The van der Waals surface area contributed by atoms with Gasteiger partial charge in [0.1, 0.15) is 0 Å². The average Bonchev–Trinajstić information content (AvgIpc) is 2.85. The van der Waals surface area contributed by atoms with Crippen LogP contribution >= 0.6 is 22.9 Å². The first kappa shape index (κ1) is 13.5. The number of rotatable bonds is 1. The van der Waals surface area contributed by atoms with Gasteiger partial charge in [-0.05, 0) is 36.8 Å². The molecular formula is C17H11ClN2OS. The Morgan fingerprint density at radius 1 is 1.09 bits per heavy atom. The number of para-hydroxylation sites is 1. The van der Waals surface area contributed by atoms with E-state index in [9.17, 15) is 4.79 Å². The molecular weight excluding hydrogens is 316 g/mol. The standard InChI is InChI=1S/C17H11ClN2OS/c1-10-15(11-6-8-12(18)9-7-11)20-16(21)13-4-2-3-5-14(13)19-17(20)22-10/h2-9H,1H3. The van der Waals surface area contributed by atoms with E-state index in [1.807, 2.05) is 55.5 Å². The van der Waals surface area contributed by atoms with Crippen LogP contribution in [0.2, 0.25) is 5.02 Å². The summed E-state index contributed by atoms with van der Waals surface area (Å²) in [5, 5.41) is 1.31. The highest BCUT2D eigenvalue weighted by Crippen LogP contribution is 2.30.